The van der Waals surface area contributed by atoms with Gasteiger partial charge in [-0.25, -0.2) is 9.69 Å². The van der Waals surface area contributed by atoms with Gasteiger partial charge < -0.3 is 18.9 Å². The summed E-state index contributed by atoms with van der Waals surface area (Å²) < 4.78 is 22.0. The largest absolute Gasteiger partial charge is 0.465 e. The lowest BCUT2D eigenvalue weighted by Gasteiger charge is -2.32. The Morgan fingerprint density at radius 2 is 1.93 bits per heavy atom. The number of hydrogen-bond acceptors (Lipinski definition) is 7. The van der Waals surface area contributed by atoms with Gasteiger partial charge in [0.25, 0.3) is 0 Å². The first-order valence-corrected chi connectivity index (χ1v) is 8.74. The van der Waals surface area contributed by atoms with Crippen LogP contribution in [-0.4, -0.2) is 56.1 Å². The van der Waals surface area contributed by atoms with Gasteiger partial charge in [0.2, 0.25) is 11.8 Å². The predicted molar refractivity (Wildman–Crippen MR) is 89.7 cm³/mol. The molecule has 2 bridgehead atoms. The molecule has 0 unspecified atom stereocenters. The van der Waals surface area contributed by atoms with Crippen molar-refractivity contribution < 1.29 is 33.3 Å². The average molecular weight is 371 g/mol. The zero-order chi connectivity index (χ0) is 18.8. The van der Waals surface area contributed by atoms with E-state index in [1.54, 1.807) is 30.4 Å². The summed E-state index contributed by atoms with van der Waals surface area (Å²) in [6.45, 7) is 0.811. The number of amides is 2. The molecule has 4 aliphatic rings. The van der Waals surface area contributed by atoms with Gasteiger partial charge in [0.05, 0.1) is 49.5 Å². The van der Waals surface area contributed by atoms with Crippen LogP contribution in [0.3, 0.4) is 0 Å². The highest BCUT2D eigenvalue weighted by molar-refractivity contribution is 6.25. The molecule has 0 spiro atoms. The Hall–Kier alpha value is -2.55. The predicted octanol–water partition coefficient (Wildman–Crippen LogP) is 0.659. The fourth-order valence-electron chi connectivity index (χ4n) is 4.51. The molecule has 0 N–H and O–H groups in total. The molecule has 5 rings (SSSR count). The molecular formula is C19H17NO7. The molecule has 27 heavy (non-hydrogen) atoms. The van der Waals surface area contributed by atoms with Gasteiger partial charge in [-0.3, -0.25) is 9.59 Å². The number of esters is 1. The van der Waals surface area contributed by atoms with Crippen molar-refractivity contribution in [3.8, 4) is 0 Å². The molecule has 1 aromatic carbocycles. The Labute approximate surface area is 154 Å². The van der Waals surface area contributed by atoms with Crippen molar-refractivity contribution in [3.63, 3.8) is 0 Å². The van der Waals surface area contributed by atoms with E-state index in [9.17, 15) is 14.4 Å². The van der Waals surface area contributed by atoms with E-state index >= 15 is 0 Å². The molecule has 0 aliphatic carbocycles. The maximum atomic E-state index is 13.3. The first-order chi connectivity index (χ1) is 13.1. The number of imide groups is 1. The fraction of sp³-hybridized carbons (Fsp3) is 0.421. The lowest BCUT2D eigenvalue weighted by molar-refractivity contribution is -0.180. The number of rotatable bonds is 3. The lowest BCUT2D eigenvalue weighted by atomic mass is 9.76. The Morgan fingerprint density at radius 3 is 2.67 bits per heavy atom. The second-order valence-corrected chi connectivity index (χ2v) is 6.89. The normalized spacial score (nSPS) is 34.6. The first-order valence-electron chi connectivity index (χ1n) is 8.74. The van der Waals surface area contributed by atoms with Crippen molar-refractivity contribution in [2.75, 3.05) is 25.2 Å². The number of para-hydroxylation sites is 1. The monoisotopic (exact) mass is 371 g/mol. The molecule has 1 aromatic rings. The summed E-state index contributed by atoms with van der Waals surface area (Å²) in [5.74, 6) is -2.85. The van der Waals surface area contributed by atoms with Crippen LogP contribution in [0.25, 0.3) is 0 Å². The Kier molecular flexibility index (Phi) is 3.52. The Bertz CT molecular complexity index is 875. The zero-order valence-corrected chi connectivity index (χ0v) is 14.5. The van der Waals surface area contributed by atoms with E-state index in [0.717, 1.165) is 4.90 Å². The average Bonchev–Trinajstić information content (AvgIpc) is 3.45. The molecule has 0 aromatic heterocycles. The summed E-state index contributed by atoms with van der Waals surface area (Å²) in [5, 5.41) is 0. The maximum absolute atomic E-state index is 13.3. The van der Waals surface area contributed by atoms with E-state index < -0.39 is 47.6 Å². The van der Waals surface area contributed by atoms with Crippen LogP contribution in [-0.2, 0) is 28.5 Å². The van der Waals surface area contributed by atoms with Gasteiger partial charge in [0.15, 0.2) is 11.9 Å². The van der Waals surface area contributed by atoms with Crippen molar-refractivity contribution in [3.05, 3.63) is 42.0 Å². The highest BCUT2D eigenvalue weighted by Gasteiger charge is 2.71. The van der Waals surface area contributed by atoms with Crippen LogP contribution in [0.2, 0.25) is 0 Å². The molecule has 3 fully saturated rings. The van der Waals surface area contributed by atoms with Crippen molar-refractivity contribution >= 4 is 23.5 Å². The third-order valence-electron chi connectivity index (χ3n) is 5.62. The van der Waals surface area contributed by atoms with Crippen LogP contribution < -0.4 is 4.90 Å². The highest BCUT2D eigenvalue weighted by atomic mass is 16.7. The Balaban J connectivity index is 1.57. The molecule has 3 saturated heterocycles. The SMILES string of the molecule is COC(=O)c1ccccc1N1C(=O)[C@H]2[C@@H](C1=O)[C@@]1(C3OCCO3)C=C[C@H]2O1. The number of methoxy groups -OCH3 is 1. The summed E-state index contributed by atoms with van der Waals surface area (Å²) in [7, 11) is 1.25. The number of nitrogens with zero attached hydrogens (tertiary/aromatic N) is 1. The number of ether oxygens (including phenoxy) is 4. The third kappa shape index (κ3) is 2.06. The van der Waals surface area contributed by atoms with Crippen molar-refractivity contribution in [2.45, 2.75) is 18.0 Å². The van der Waals surface area contributed by atoms with Crippen LogP contribution in [0, 0.1) is 11.8 Å². The van der Waals surface area contributed by atoms with Gasteiger partial charge in [0.1, 0.15) is 0 Å². The number of fused-ring (bicyclic) bond motifs is 5. The molecule has 4 heterocycles. The summed E-state index contributed by atoms with van der Waals surface area (Å²) in [5.41, 5.74) is -0.741. The molecule has 140 valence electrons. The molecule has 8 nitrogen and oxygen atoms in total. The van der Waals surface area contributed by atoms with E-state index in [-0.39, 0.29) is 11.3 Å². The number of hydrogen-bond donors (Lipinski definition) is 0. The van der Waals surface area contributed by atoms with Gasteiger partial charge in [-0.15, -0.1) is 0 Å². The van der Waals surface area contributed by atoms with Gasteiger partial charge >= 0.3 is 5.97 Å². The minimum Gasteiger partial charge on any atom is -0.465 e. The fourth-order valence-corrected chi connectivity index (χ4v) is 4.51. The third-order valence-corrected chi connectivity index (χ3v) is 5.62. The summed E-state index contributed by atoms with van der Waals surface area (Å²) in [4.78, 5) is 39.7. The van der Waals surface area contributed by atoms with Crippen molar-refractivity contribution in [1.29, 1.82) is 0 Å². The zero-order valence-electron chi connectivity index (χ0n) is 14.5. The van der Waals surface area contributed by atoms with Crippen LogP contribution in [0.5, 0.6) is 0 Å². The first kappa shape index (κ1) is 16.6. The Morgan fingerprint density at radius 1 is 1.19 bits per heavy atom. The quantitative estimate of drug-likeness (QED) is 0.438. The summed E-state index contributed by atoms with van der Waals surface area (Å²) in [6, 6.07) is 6.41. The second kappa shape index (κ2) is 5.72. The second-order valence-electron chi connectivity index (χ2n) is 6.89. The standard InChI is InChI=1S/C19H17NO7/c1-24-17(23)10-4-2-3-5-11(10)20-15(21)13-12-6-7-19(27-12,14(13)16(20)22)18-25-8-9-26-18/h2-7,12-14,18H,8-9H2,1H3/t12-,13-,14+,19-/m1/s1. The number of carbonyl (C=O) groups is 3. The molecular weight excluding hydrogens is 354 g/mol. The molecule has 4 aliphatic heterocycles. The summed E-state index contributed by atoms with van der Waals surface area (Å²) >= 11 is 0. The van der Waals surface area contributed by atoms with Crippen LogP contribution in [0.4, 0.5) is 5.69 Å². The van der Waals surface area contributed by atoms with Crippen LogP contribution >= 0.6 is 0 Å². The van der Waals surface area contributed by atoms with E-state index in [1.807, 2.05) is 0 Å². The number of carbonyl (C=O) groups excluding carboxylic acids is 3. The maximum Gasteiger partial charge on any atom is 0.339 e. The smallest absolute Gasteiger partial charge is 0.339 e. The van der Waals surface area contributed by atoms with E-state index in [4.69, 9.17) is 18.9 Å². The molecule has 0 radical (unpaired) electrons. The van der Waals surface area contributed by atoms with Gasteiger partial charge in [-0.2, -0.15) is 0 Å². The minimum atomic E-state index is -1.12. The number of benzene rings is 1. The molecule has 8 heteroatoms. The van der Waals surface area contributed by atoms with Crippen LogP contribution in [0.1, 0.15) is 10.4 Å². The van der Waals surface area contributed by atoms with Crippen molar-refractivity contribution in [2.24, 2.45) is 11.8 Å². The van der Waals surface area contributed by atoms with Crippen molar-refractivity contribution in [1.82, 2.24) is 0 Å². The van der Waals surface area contributed by atoms with E-state index in [1.165, 1.54) is 13.2 Å². The van der Waals surface area contributed by atoms with E-state index in [0.29, 0.717) is 13.2 Å². The topological polar surface area (TPSA) is 91.4 Å². The van der Waals surface area contributed by atoms with Gasteiger partial charge in [0, 0.05) is 0 Å². The highest BCUT2D eigenvalue weighted by Crippen LogP contribution is 2.55. The lowest BCUT2D eigenvalue weighted by Crippen LogP contribution is -2.49. The van der Waals surface area contributed by atoms with Crippen LogP contribution in [0.15, 0.2) is 36.4 Å². The minimum absolute atomic E-state index is 0.158. The van der Waals surface area contributed by atoms with Gasteiger partial charge in [-0.05, 0) is 18.2 Å². The molecule has 0 saturated carbocycles. The molecule has 2 amide bonds. The van der Waals surface area contributed by atoms with E-state index in [2.05, 4.69) is 0 Å². The molecule has 4 atom stereocenters. The number of anilines is 1. The van der Waals surface area contributed by atoms with Gasteiger partial charge in [-0.1, -0.05) is 18.2 Å². The summed E-state index contributed by atoms with van der Waals surface area (Å²) in [6.07, 6.45) is 2.30.